The Labute approximate surface area is 108 Å². The van der Waals surface area contributed by atoms with Gasteiger partial charge in [-0.1, -0.05) is 13.0 Å². The van der Waals surface area contributed by atoms with Crippen molar-refractivity contribution in [2.24, 2.45) is 0 Å². The van der Waals surface area contributed by atoms with E-state index >= 15 is 0 Å². The maximum Gasteiger partial charge on any atom is 0.0571 e. The molecule has 0 atom stereocenters. The molecule has 0 bridgehead atoms. The smallest absolute Gasteiger partial charge is 0.0571 e. The fraction of sp³-hybridized carbons (Fsp3) is 0.200. The SMILES string of the molecule is C=CCc1ccc(Nc2ccc(CC)nc2)cn1. The third kappa shape index (κ3) is 3.17. The van der Waals surface area contributed by atoms with E-state index in [9.17, 15) is 0 Å². The van der Waals surface area contributed by atoms with Gasteiger partial charge in [-0.15, -0.1) is 6.58 Å². The number of nitrogens with zero attached hydrogens (tertiary/aromatic N) is 2. The molecule has 0 spiro atoms. The summed E-state index contributed by atoms with van der Waals surface area (Å²) in [5, 5.41) is 3.27. The second-order valence-corrected chi connectivity index (χ2v) is 4.05. The molecule has 0 aliphatic heterocycles. The molecule has 0 saturated carbocycles. The average Bonchev–Trinajstić information content (AvgIpc) is 2.42. The molecule has 0 saturated heterocycles. The first-order valence-corrected chi connectivity index (χ1v) is 6.09. The number of hydrogen-bond acceptors (Lipinski definition) is 3. The van der Waals surface area contributed by atoms with E-state index in [0.717, 1.165) is 35.6 Å². The number of aryl methyl sites for hydroxylation is 1. The normalized spacial score (nSPS) is 10.1. The minimum Gasteiger partial charge on any atom is -0.353 e. The van der Waals surface area contributed by atoms with Crippen LogP contribution in [0, 0.1) is 0 Å². The van der Waals surface area contributed by atoms with E-state index in [1.807, 2.05) is 42.7 Å². The first-order chi connectivity index (χ1) is 8.81. The minimum atomic E-state index is 0.799. The number of hydrogen-bond donors (Lipinski definition) is 1. The first kappa shape index (κ1) is 12.3. The topological polar surface area (TPSA) is 37.8 Å². The Bertz CT molecular complexity index is 500. The molecular weight excluding hydrogens is 222 g/mol. The monoisotopic (exact) mass is 239 g/mol. The zero-order chi connectivity index (χ0) is 12.8. The van der Waals surface area contributed by atoms with Crippen LogP contribution >= 0.6 is 0 Å². The molecule has 2 rings (SSSR count). The van der Waals surface area contributed by atoms with Crippen molar-refractivity contribution in [2.75, 3.05) is 5.32 Å². The highest BCUT2D eigenvalue weighted by Gasteiger charge is 1.97. The van der Waals surface area contributed by atoms with Gasteiger partial charge in [-0.2, -0.15) is 0 Å². The van der Waals surface area contributed by atoms with Crippen LogP contribution in [0.2, 0.25) is 0 Å². The molecule has 2 aromatic heterocycles. The van der Waals surface area contributed by atoms with Gasteiger partial charge in [0.15, 0.2) is 0 Å². The fourth-order valence-corrected chi connectivity index (χ4v) is 1.64. The Kier molecular flexibility index (Phi) is 4.07. The van der Waals surface area contributed by atoms with Crippen LogP contribution in [-0.2, 0) is 12.8 Å². The highest BCUT2D eigenvalue weighted by atomic mass is 14.9. The lowest BCUT2D eigenvalue weighted by molar-refractivity contribution is 1.04. The van der Waals surface area contributed by atoms with Crippen molar-refractivity contribution in [3.05, 3.63) is 60.7 Å². The second-order valence-electron chi connectivity index (χ2n) is 4.05. The highest BCUT2D eigenvalue weighted by Crippen LogP contribution is 2.15. The van der Waals surface area contributed by atoms with Gasteiger partial charge in [-0.25, -0.2) is 0 Å². The molecule has 0 fully saturated rings. The Morgan fingerprint density at radius 3 is 2.11 bits per heavy atom. The van der Waals surface area contributed by atoms with Crippen molar-refractivity contribution < 1.29 is 0 Å². The quantitative estimate of drug-likeness (QED) is 0.811. The Morgan fingerprint density at radius 2 is 1.67 bits per heavy atom. The maximum atomic E-state index is 4.34. The minimum absolute atomic E-state index is 0.799. The number of anilines is 2. The summed E-state index contributed by atoms with van der Waals surface area (Å²) >= 11 is 0. The number of nitrogens with one attached hydrogen (secondary N) is 1. The number of rotatable bonds is 5. The summed E-state index contributed by atoms with van der Waals surface area (Å²) in [6, 6.07) is 8.07. The first-order valence-electron chi connectivity index (χ1n) is 6.09. The van der Waals surface area contributed by atoms with Crippen LogP contribution in [0.4, 0.5) is 11.4 Å². The number of aromatic nitrogens is 2. The van der Waals surface area contributed by atoms with E-state index in [1.165, 1.54) is 0 Å². The second kappa shape index (κ2) is 5.96. The molecule has 3 nitrogen and oxygen atoms in total. The van der Waals surface area contributed by atoms with E-state index in [4.69, 9.17) is 0 Å². The molecule has 0 amide bonds. The lowest BCUT2D eigenvalue weighted by atomic mass is 10.2. The van der Waals surface area contributed by atoms with E-state index in [1.54, 1.807) is 0 Å². The van der Waals surface area contributed by atoms with Crippen molar-refractivity contribution in [3.8, 4) is 0 Å². The molecule has 2 aromatic rings. The molecule has 92 valence electrons. The molecule has 0 unspecified atom stereocenters. The van der Waals surface area contributed by atoms with Crippen molar-refractivity contribution in [1.29, 1.82) is 0 Å². The number of pyridine rings is 2. The van der Waals surface area contributed by atoms with E-state index in [2.05, 4.69) is 28.8 Å². The molecule has 0 aliphatic rings. The van der Waals surface area contributed by atoms with Gasteiger partial charge in [0.2, 0.25) is 0 Å². The summed E-state index contributed by atoms with van der Waals surface area (Å²) in [5.74, 6) is 0. The van der Waals surface area contributed by atoms with Crippen LogP contribution in [0.3, 0.4) is 0 Å². The summed E-state index contributed by atoms with van der Waals surface area (Å²) in [6.45, 7) is 5.79. The standard InChI is InChI=1S/C15H17N3/c1-3-5-13-7-9-15(11-17-13)18-14-8-6-12(4-2)16-10-14/h3,6-11,18H,1,4-5H2,2H3. The number of allylic oxidation sites excluding steroid dienone is 1. The Balaban J connectivity index is 2.05. The third-order valence-electron chi connectivity index (χ3n) is 2.65. The van der Waals surface area contributed by atoms with Crippen molar-refractivity contribution >= 4 is 11.4 Å². The highest BCUT2D eigenvalue weighted by molar-refractivity contribution is 5.57. The molecule has 0 aliphatic carbocycles. The van der Waals surface area contributed by atoms with E-state index in [-0.39, 0.29) is 0 Å². The molecular formula is C15H17N3. The van der Waals surface area contributed by atoms with Gasteiger partial charge < -0.3 is 5.32 Å². The van der Waals surface area contributed by atoms with Crippen LogP contribution in [0.5, 0.6) is 0 Å². The zero-order valence-electron chi connectivity index (χ0n) is 10.6. The van der Waals surface area contributed by atoms with Crippen molar-refractivity contribution in [3.63, 3.8) is 0 Å². The molecule has 1 N–H and O–H groups in total. The lowest BCUT2D eigenvalue weighted by Crippen LogP contribution is -1.95. The Morgan fingerprint density at radius 1 is 1.06 bits per heavy atom. The van der Waals surface area contributed by atoms with Gasteiger partial charge in [-0.3, -0.25) is 9.97 Å². The largest absolute Gasteiger partial charge is 0.353 e. The maximum absolute atomic E-state index is 4.34. The lowest BCUT2D eigenvalue weighted by Gasteiger charge is -2.06. The molecule has 18 heavy (non-hydrogen) atoms. The summed E-state index contributed by atoms with van der Waals surface area (Å²) in [7, 11) is 0. The van der Waals surface area contributed by atoms with Crippen LogP contribution < -0.4 is 5.32 Å². The van der Waals surface area contributed by atoms with Gasteiger partial charge in [0.25, 0.3) is 0 Å². The van der Waals surface area contributed by atoms with Crippen LogP contribution in [0.1, 0.15) is 18.3 Å². The van der Waals surface area contributed by atoms with Gasteiger partial charge in [0, 0.05) is 17.8 Å². The Hall–Kier alpha value is -2.16. The summed E-state index contributed by atoms with van der Waals surface area (Å²) in [6.07, 6.45) is 7.27. The summed E-state index contributed by atoms with van der Waals surface area (Å²) < 4.78 is 0. The summed E-state index contributed by atoms with van der Waals surface area (Å²) in [4.78, 5) is 8.69. The predicted octanol–water partition coefficient (Wildman–Crippen LogP) is 3.51. The fourth-order valence-electron chi connectivity index (χ4n) is 1.64. The molecule has 3 heteroatoms. The third-order valence-corrected chi connectivity index (χ3v) is 2.65. The van der Waals surface area contributed by atoms with Crippen LogP contribution in [0.15, 0.2) is 49.3 Å². The zero-order valence-corrected chi connectivity index (χ0v) is 10.6. The average molecular weight is 239 g/mol. The molecule has 0 aromatic carbocycles. The van der Waals surface area contributed by atoms with Gasteiger partial charge in [0.05, 0.1) is 23.8 Å². The predicted molar refractivity (Wildman–Crippen MR) is 75.0 cm³/mol. The molecule has 0 radical (unpaired) electrons. The van der Waals surface area contributed by atoms with Crippen molar-refractivity contribution in [1.82, 2.24) is 9.97 Å². The van der Waals surface area contributed by atoms with Crippen LogP contribution in [0.25, 0.3) is 0 Å². The summed E-state index contributed by atoms with van der Waals surface area (Å²) in [5.41, 5.74) is 4.06. The molecule has 2 heterocycles. The van der Waals surface area contributed by atoms with Gasteiger partial charge in [0.1, 0.15) is 0 Å². The van der Waals surface area contributed by atoms with Gasteiger partial charge >= 0.3 is 0 Å². The van der Waals surface area contributed by atoms with Crippen molar-refractivity contribution in [2.45, 2.75) is 19.8 Å². The van der Waals surface area contributed by atoms with Gasteiger partial charge in [-0.05, 0) is 30.7 Å². The van der Waals surface area contributed by atoms with E-state index in [0.29, 0.717) is 0 Å². The van der Waals surface area contributed by atoms with E-state index < -0.39 is 0 Å². The van der Waals surface area contributed by atoms with Crippen LogP contribution in [-0.4, -0.2) is 9.97 Å².